The van der Waals surface area contributed by atoms with E-state index in [-0.39, 0.29) is 29.4 Å². The van der Waals surface area contributed by atoms with E-state index in [2.05, 4.69) is 6.58 Å². The van der Waals surface area contributed by atoms with Gasteiger partial charge in [-0.3, -0.25) is 0 Å². The molecule has 0 aliphatic heterocycles. The summed E-state index contributed by atoms with van der Waals surface area (Å²) in [5.41, 5.74) is 5.62. The van der Waals surface area contributed by atoms with Gasteiger partial charge in [-0.15, -0.1) is 19.0 Å². The third-order valence-electron chi connectivity index (χ3n) is 2.30. The van der Waals surface area contributed by atoms with Crippen molar-refractivity contribution in [3.8, 4) is 0 Å². The summed E-state index contributed by atoms with van der Waals surface area (Å²) in [6.45, 7) is 5.35. The lowest BCUT2D eigenvalue weighted by atomic mass is 9.96. The molecule has 102 valence electrons. The van der Waals surface area contributed by atoms with E-state index in [4.69, 9.17) is 17.3 Å². The van der Waals surface area contributed by atoms with E-state index in [9.17, 15) is 13.2 Å². The van der Waals surface area contributed by atoms with Crippen molar-refractivity contribution in [2.24, 2.45) is 5.73 Å². The molecule has 0 aliphatic carbocycles. The molecule has 0 aliphatic rings. The van der Waals surface area contributed by atoms with Crippen molar-refractivity contribution in [3.63, 3.8) is 0 Å². The molecule has 0 spiro atoms. The van der Waals surface area contributed by atoms with Crippen LogP contribution in [0.4, 0.5) is 13.2 Å². The Labute approximate surface area is 115 Å². The molecule has 6 heteroatoms. The van der Waals surface area contributed by atoms with Crippen LogP contribution in [0.3, 0.4) is 0 Å². The highest BCUT2D eigenvalue weighted by molar-refractivity contribution is 6.31. The summed E-state index contributed by atoms with van der Waals surface area (Å²) in [4.78, 5) is 0. The molecule has 0 unspecified atom stereocenters. The maximum absolute atomic E-state index is 12.8. The van der Waals surface area contributed by atoms with Crippen molar-refractivity contribution in [1.29, 1.82) is 0 Å². The van der Waals surface area contributed by atoms with E-state index in [1.54, 1.807) is 6.92 Å². The van der Waals surface area contributed by atoms with Gasteiger partial charge in [0.25, 0.3) is 0 Å². The van der Waals surface area contributed by atoms with Crippen LogP contribution in [0.5, 0.6) is 0 Å². The van der Waals surface area contributed by atoms with Gasteiger partial charge >= 0.3 is 6.18 Å². The summed E-state index contributed by atoms with van der Waals surface area (Å²) in [7, 11) is 0. The smallest absolute Gasteiger partial charge is 0.324 e. The monoisotopic (exact) mass is 299 g/mol. The lowest BCUT2D eigenvalue weighted by Crippen LogP contribution is -2.18. The predicted octanol–water partition coefficient (Wildman–Crippen LogP) is 4.75. The van der Waals surface area contributed by atoms with Crippen molar-refractivity contribution < 1.29 is 13.2 Å². The zero-order valence-electron chi connectivity index (χ0n) is 9.72. The van der Waals surface area contributed by atoms with Crippen LogP contribution < -0.4 is 5.73 Å². The van der Waals surface area contributed by atoms with Crippen molar-refractivity contribution in [3.05, 3.63) is 46.5 Å². The van der Waals surface area contributed by atoms with Crippen molar-refractivity contribution in [2.75, 3.05) is 0 Å². The number of hydrogen-bond donors (Lipinski definition) is 1. The van der Waals surface area contributed by atoms with Crippen LogP contribution in [0, 0.1) is 0 Å². The SMILES string of the molecule is C=C(C)C[C@H](N)c1c(Cl)cccc1C(F)(F)F.Cl. The fraction of sp³-hybridized carbons (Fsp3) is 0.333. The third-order valence-corrected chi connectivity index (χ3v) is 2.63. The molecular weight excluding hydrogens is 286 g/mol. The molecule has 1 aromatic rings. The van der Waals surface area contributed by atoms with Crippen LogP contribution in [0.1, 0.15) is 30.5 Å². The van der Waals surface area contributed by atoms with Crippen LogP contribution in [0.15, 0.2) is 30.4 Å². The van der Waals surface area contributed by atoms with Gasteiger partial charge in [-0.2, -0.15) is 13.2 Å². The number of benzene rings is 1. The van der Waals surface area contributed by atoms with Gasteiger partial charge in [-0.05, 0) is 31.0 Å². The Morgan fingerprint density at radius 2 is 2.00 bits per heavy atom. The molecule has 0 saturated heterocycles. The molecule has 1 aromatic carbocycles. The molecule has 18 heavy (non-hydrogen) atoms. The first-order chi connectivity index (χ1) is 7.73. The van der Waals surface area contributed by atoms with Gasteiger partial charge in [0.05, 0.1) is 5.56 Å². The number of alkyl halides is 3. The van der Waals surface area contributed by atoms with E-state index < -0.39 is 17.8 Å². The van der Waals surface area contributed by atoms with E-state index in [0.29, 0.717) is 5.57 Å². The lowest BCUT2D eigenvalue weighted by molar-refractivity contribution is -0.138. The van der Waals surface area contributed by atoms with Crippen LogP contribution in [0.2, 0.25) is 5.02 Å². The molecule has 0 amide bonds. The third kappa shape index (κ3) is 4.19. The van der Waals surface area contributed by atoms with E-state index in [0.717, 1.165) is 6.07 Å². The Kier molecular flexibility index (Phi) is 6.20. The highest BCUT2D eigenvalue weighted by atomic mass is 35.5. The maximum Gasteiger partial charge on any atom is 0.416 e. The van der Waals surface area contributed by atoms with E-state index in [1.165, 1.54) is 12.1 Å². The molecular formula is C12H14Cl2F3N. The predicted molar refractivity (Wildman–Crippen MR) is 70.1 cm³/mol. The van der Waals surface area contributed by atoms with Crippen LogP contribution in [0.25, 0.3) is 0 Å². The number of nitrogens with two attached hydrogens (primary N) is 1. The van der Waals surface area contributed by atoms with Gasteiger partial charge in [0.2, 0.25) is 0 Å². The molecule has 0 bridgehead atoms. The van der Waals surface area contributed by atoms with Crippen LogP contribution >= 0.6 is 24.0 Å². The number of halogens is 5. The average Bonchev–Trinajstić information content (AvgIpc) is 2.14. The minimum atomic E-state index is -4.45. The average molecular weight is 300 g/mol. The molecule has 0 radical (unpaired) electrons. The fourth-order valence-electron chi connectivity index (χ4n) is 1.64. The summed E-state index contributed by atoms with van der Waals surface area (Å²) < 4.78 is 38.4. The Bertz CT molecular complexity index is 430. The van der Waals surface area contributed by atoms with E-state index in [1.807, 2.05) is 0 Å². The molecule has 2 N–H and O–H groups in total. The second-order valence-electron chi connectivity index (χ2n) is 3.97. The van der Waals surface area contributed by atoms with Crippen LogP contribution in [-0.4, -0.2) is 0 Å². The summed E-state index contributed by atoms with van der Waals surface area (Å²) in [6, 6.07) is 2.87. The van der Waals surface area contributed by atoms with Gasteiger partial charge in [0.1, 0.15) is 0 Å². The first-order valence-electron chi connectivity index (χ1n) is 4.99. The highest BCUT2D eigenvalue weighted by Crippen LogP contribution is 2.38. The quantitative estimate of drug-likeness (QED) is 0.801. The minimum Gasteiger partial charge on any atom is -0.324 e. The zero-order chi connectivity index (χ0) is 13.2. The Morgan fingerprint density at radius 3 is 2.44 bits per heavy atom. The summed E-state index contributed by atoms with van der Waals surface area (Å²) in [5.74, 6) is 0. The lowest BCUT2D eigenvalue weighted by Gasteiger charge is -2.19. The standard InChI is InChI=1S/C12H13ClF3N.ClH/c1-7(2)6-10(17)11-8(12(14,15)16)4-3-5-9(11)13;/h3-5,10H,1,6,17H2,2H3;1H/t10-;/m0./s1. The summed E-state index contributed by atoms with van der Waals surface area (Å²) in [6.07, 6.45) is -4.18. The van der Waals surface area contributed by atoms with Crippen molar-refractivity contribution >= 4 is 24.0 Å². The molecule has 0 saturated carbocycles. The molecule has 0 aromatic heterocycles. The van der Waals surface area contributed by atoms with Gasteiger partial charge < -0.3 is 5.73 Å². The minimum absolute atomic E-state index is 0. The second kappa shape index (κ2) is 6.45. The molecule has 0 fully saturated rings. The number of rotatable bonds is 3. The van der Waals surface area contributed by atoms with E-state index >= 15 is 0 Å². The first kappa shape index (κ1) is 17.3. The normalized spacial score (nSPS) is 12.8. The van der Waals surface area contributed by atoms with Gasteiger partial charge in [0.15, 0.2) is 0 Å². The Morgan fingerprint density at radius 1 is 1.44 bits per heavy atom. The molecule has 1 atom stereocenters. The fourth-order valence-corrected chi connectivity index (χ4v) is 1.95. The van der Waals surface area contributed by atoms with Crippen molar-refractivity contribution in [2.45, 2.75) is 25.6 Å². The Hall–Kier alpha value is -0.710. The zero-order valence-corrected chi connectivity index (χ0v) is 11.3. The van der Waals surface area contributed by atoms with Crippen molar-refractivity contribution in [1.82, 2.24) is 0 Å². The second-order valence-corrected chi connectivity index (χ2v) is 4.37. The molecule has 1 rings (SSSR count). The molecule has 1 nitrogen and oxygen atoms in total. The first-order valence-corrected chi connectivity index (χ1v) is 5.37. The van der Waals surface area contributed by atoms with Crippen LogP contribution in [-0.2, 0) is 6.18 Å². The van der Waals surface area contributed by atoms with Gasteiger partial charge in [-0.1, -0.05) is 23.2 Å². The maximum atomic E-state index is 12.8. The Balaban J connectivity index is 0.00000289. The van der Waals surface area contributed by atoms with Gasteiger partial charge in [-0.25, -0.2) is 0 Å². The topological polar surface area (TPSA) is 26.0 Å². The largest absolute Gasteiger partial charge is 0.416 e. The highest BCUT2D eigenvalue weighted by Gasteiger charge is 2.35. The molecule has 0 heterocycles. The summed E-state index contributed by atoms with van der Waals surface area (Å²) in [5, 5.41) is 0.0357. The number of hydrogen-bond acceptors (Lipinski definition) is 1. The summed E-state index contributed by atoms with van der Waals surface area (Å²) >= 11 is 5.80. The van der Waals surface area contributed by atoms with Gasteiger partial charge in [0, 0.05) is 11.1 Å².